The van der Waals surface area contributed by atoms with Crippen molar-refractivity contribution < 1.29 is 21.7 Å². The Morgan fingerprint density at radius 1 is 1.20 bits per heavy atom. The molecule has 50 valence electrons. The summed E-state index contributed by atoms with van der Waals surface area (Å²) in [6, 6.07) is 6.69. The van der Waals surface area contributed by atoms with E-state index < -0.39 is 0 Å². The molecule has 0 N–H and O–H groups in total. The van der Waals surface area contributed by atoms with Gasteiger partial charge in [-0.15, -0.1) is 0 Å². The molecule has 1 aromatic carbocycles. The Balaban J connectivity index is 0.000000500. The fourth-order valence-electron chi connectivity index (χ4n) is 1.61. The molecule has 0 aromatic heterocycles. The van der Waals surface area contributed by atoms with Crippen LogP contribution in [0.5, 0.6) is 0 Å². The van der Waals surface area contributed by atoms with Gasteiger partial charge in [0.25, 0.3) is 0 Å². The van der Waals surface area contributed by atoms with Gasteiger partial charge in [-0.25, -0.2) is 6.07 Å². The quantitative estimate of drug-likeness (QED) is 0.410. The normalized spacial score (nSPS) is 15.6. The maximum atomic E-state index is 2.26. The Hall–Kier alpha value is 0.0643. The van der Waals surface area contributed by atoms with Gasteiger partial charge in [0.15, 0.2) is 0 Å². The van der Waals surface area contributed by atoms with Gasteiger partial charge in [0.2, 0.25) is 0 Å². The molecule has 1 aromatic rings. The molecule has 0 aliphatic heterocycles. The summed E-state index contributed by atoms with van der Waals surface area (Å²) in [4.78, 5) is 0. The van der Waals surface area contributed by atoms with Crippen LogP contribution < -0.4 is 0 Å². The first kappa shape index (κ1) is 8.16. The van der Waals surface area contributed by atoms with Crippen molar-refractivity contribution in [3.05, 3.63) is 29.3 Å². The van der Waals surface area contributed by atoms with Crippen molar-refractivity contribution in [3.8, 4) is 0 Å². The molecular weight excluding hydrogens is 156 g/mol. The summed E-state index contributed by atoms with van der Waals surface area (Å²) in [5, 5.41) is 0. The van der Waals surface area contributed by atoms with E-state index in [9.17, 15) is 0 Å². The molecule has 0 saturated heterocycles. The summed E-state index contributed by atoms with van der Waals surface area (Å²) >= 11 is 0. The number of hydrogen-bond donors (Lipinski definition) is 0. The van der Waals surface area contributed by atoms with Crippen molar-refractivity contribution in [1.82, 2.24) is 0 Å². The summed E-state index contributed by atoms with van der Waals surface area (Å²) in [6.07, 6.45) is 5.44. The smallest absolute Gasteiger partial charge is 0.210 e. The van der Waals surface area contributed by atoms with Crippen LogP contribution in [0.3, 0.4) is 0 Å². The van der Waals surface area contributed by atoms with Gasteiger partial charge in [-0.3, -0.25) is 0 Å². The van der Waals surface area contributed by atoms with Crippen LogP contribution in [0, 0.1) is 0 Å². The minimum absolute atomic E-state index is 0. The van der Waals surface area contributed by atoms with Gasteiger partial charge in [0.05, 0.1) is 0 Å². The molecule has 0 heterocycles. The van der Waals surface area contributed by atoms with Crippen LogP contribution in [-0.4, -0.2) is 0 Å². The SMILES string of the molecule is [Ti+2].c1cc2c([cH-]1)CCCC2. The molecule has 0 saturated carbocycles. The predicted octanol–water partition coefficient (Wildman–Crippen LogP) is 2.28. The largest absolute Gasteiger partial charge is 2.00 e. The van der Waals surface area contributed by atoms with Crippen molar-refractivity contribution in [1.29, 1.82) is 0 Å². The number of rotatable bonds is 0. The van der Waals surface area contributed by atoms with Gasteiger partial charge in [-0.1, -0.05) is 25.7 Å². The first-order valence-corrected chi connectivity index (χ1v) is 3.70. The van der Waals surface area contributed by atoms with Crippen molar-refractivity contribution in [2.24, 2.45) is 0 Å². The summed E-state index contributed by atoms with van der Waals surface area (Å²) in [6.45, 7) is 0. The van der Waals surface area contributed by atoms with E-state index in [0.29, 0.717) is 0 Å². The molecule has 0 amide bonds. The molecule has 10 heavy (non-hydrogen) atoms. The van der Waals surface area contributed by atoms with E-state index in [4.69, 9.17) is 0 Å². The summed E-state index contributed by atoms with van der Waals surface area (Å²) in [5.74, 6) is 0. The number of fused-ring (bicyclic) bond motifs is 1. The van der Waals surface area contributed by atoms with Crippen molar-refractivity contribution in [3.63, 3.8) is 0 Å². The van der Waals surface area contributed by atoms with Crippen LogP contribution in [0.2, 0.25) is 0 Å². The Kier molecular flexibility index (Phi) is 2.82. The third-order valence-electron chi connectivity index (χ3n) is 2.15. The molecule has 0 fully saturated rings. The Morgan fingerprint density at radius 2 is 2.00 bits per heavy atom. The second-order valence-corrected chi connectivity index (χ2v) is 2.78. The predicted molar refractivity (Wildman–Crippen MR) is 38.7 cm³/mol. The molecule has 0 nitrogen and oxygen atoms in total. The van der Waals surface area contributed by atoms with E-state index in [1.54, 1.807) is 11.1 Å². The average molecular weight is 167 g/mol. The van der Waals surface area contributed by atoms with Crippen molar-refractivity contribution in [2.45, 2.75) is 25.7 Å². The van der Waals surface area contributed by atoms with Crippen LogP contribution in [0.15, 0.2) is 18.2 Å². The van der Waals surface area contributed by atoms with Crippen LogP contribution in [0.1, 0.15) is 24.0 Å². The monoisotopic (exact) mass is 167 g/mol. The van der Waals surface area contributed by atoms with Crippen molar-refractivity contribution in [2.75, 3.05) is 0 Å². The van der Waals surface area contributed by atoms with Crippen molar-refractivity contribution >= 4 is 0 Å². The topological polar surface area (TPSA) is 0 Å². The fraction of sp³-hybridized carbons (Fsp3) is 0.444. The fourth-order valence-corrected chi connectivity index (χ4v) is 1.61. The van der Waals surface area contributed by atoms with E-state index in [-0.39, 0.29) is 21.7 Å². The van der Waals surface area contributed by atoms with Gasteiger partial charge < -0.3 is 0 Å². The maximum absolute atomic E-state index is 2.26. The van der Waals surface area contributed by atoms with Gasteiger partial charge in [-0.05, 0) is 0 Å². The first-order valence-electron chi connectivity index (χ1n) is 3.70. The molecule has 2 rings (SSSR count). The van der Waals surface area contributed by atoms with E-state index in [1.165, 1.54) is 25.7 Å². The van der Waals surface area contributed by atoms with Crippen LogP contribution in [-0.2, 0) is 34.6 Å². The maximum Gasteiger partial charge on any atom is 2.00 e. The molecule has 0 spiro atoms. The van der Waals surface area contributed by atoms with Gasteiger partial charge in [0.1, 0.15) is 0 Å². The molecule has 1 aliphatic carbocycles. The minimum atomic E-state index is 0. The zero-order chi connectivity index (χ0) is 6.10. The Labute approximate surface area is 76.9 Å². The summed E-state index contributed by atoms with van der Waals surface area (Å²) < 4.78 is 0. The second kappa shape index (κ2) is 3.45. The number of hydrogen-bond acceptors (Lipinski definition) is 0. The van der Waals surface area contributed by atoms with E-state index >= 15 is 0 Å². The molecule has 0 bridgehead atoms. The average Bonchev–Trinajstić information content (AvgIpc) is 2.33. The molecule has 1 heteroatoms. The third-order valence-corrected chi connectivity index (χ3v) is 2.15. The van der Waals surface area contributed by atoms with Crippen LogP contribution in [0.4, 0.5) is 0 Å². The van der Waals surface area contributed by atoms with Gasteiger partial charge in [0, 0.05) is 0 Å². The van der Waals surface area contributed by atoms with Crippen LogP contribution >= 0.6 is 0 Å². The Morgan fingerprint density at radius 3 is 2.80 bits per heavy atom. The van der Waals surface area contributed by atoms with E-state index in [0.717, 1.165) is 0 Å². The van der Waals surface area contributed by atoms with Crippen LogP contribution in [0.25, 0.3) is 0 Å². The zero-order valence-electron chi connectivity index (χ0n) is 6.06. The van der Waals surface area contributed by atoms with Gasteiger partial charge >= 0.3 is 21.7 Å². The molecule has 0 atom stereocenters. The minimum Gasteiger partial charge on any atom is -0.210 e. The summed E-state index contributed by atoms with van der Waals surface area (Å²) in [7, 11) is 0. The van der Waals surface area contributed by atoms with E-state index in [2.05, 4.69) is 18.2 Å². The molecular formula is C9H11Ti+. The molecule has 1 aliphatic rings. The summed E-state index contributed by atoms with van der Waals surface area (Å²) in [5.41, 5.74) is 3.20. The molecule has 0 radical (unpaired) electrons. The van der Waals surface area contributed by atoms with Gasteiger partial charge in [-0.2, -0.15) is 23.3 Å². The third kappa shape index (κ3) is 1.38. The molecule has 0 unspecified atom stereocenters. The Bertz CT molecular complexity index is 180. The first-order chi connectivity index (χ1) is 4.47. The standard InChI is InChI=1S/C9H11.Ti/c1-2-5-9-7-3-6-8(9)4-1;/h3,6-7H,1-2,4-5H2;/q-1;+2. The van der Waals surface area contributed by atoms with E-state index in [1.807, 2.05) is 0 Å². The number of aryl methyl sites for hydroxylation is 2. The zero-order valence-corrected chi connectivity index (χ0v) is 7.62. The second-order valence-electron chi connectivity index (χ2n) is 2.78.